The molecule has 4 rings (SSSR count). The van der Waals surface area contributed by atoms with Crippen LogP contribution in [-0.4, -0.2) is 57.1 Å². The van der Waals surface area contributed by atoms with Gasteiger partial charge in [0.1, 0.15) is 0 Å². The van der Waals surface area contributed by atoms with E-state index in [0.29, 0.717) is 11.3 Å². The molecule has 0 aromatic heterocycles. The number of nitrogens with one attached hydrogen (secondary N) is 1. The highest BCUT2D eigenvalue weighted by Crippen LogP contribution is 2.23. The van der Waals surface area contributed by atoms with Gasteiger partial charge in [0.2, 0.25) is 5.91 Å². The number of carbonyl (C=O) groups is 3. The minimum Gasteiger partial charge on any atom is -0.465 e. The Morgan fingerprint density at radius 2 is 1.62 bits per heavy atom. The summed E-state index contributed by atoms with van der Waals surface area (Å²) in [5.41, 5.74) is 2.07. The summed E-state index contributed by atoms with van der Waals surface area (Å²) in [6.07, 6.45) is 0.220. The first-order valence-corrected chi connectivity index (χ1v) is 9.78. The van der Waals surface area contributed by atoms with Gasteiger partial charge in [-0.15, -0.1) is 0 Å². The van der Waals surface area contributed by atoms with Gasteiger partial charge < -0.3 is 14.5 Å². The molecule has 0 saturated carbocycles. The van der Waals surface area contributed by atoms with E-state index in [1.165, 1.54) is 17.7 Å². The summed E-state index contributed by atoms with van der Waals surface area (Å²) < 4.78 is 4.69. The average Bonchev–Trinajstić information content (AvgIpc) is 3.08. The van der Waals surface area contributed by atoms with Crippen LogP contribution in [0.2, 0.25) is 0 Å². The fourth-order valence-electron chi connectivity index (χ4n) is 4.13. The zero-order chi connectivity index (χ0) is 20.4. The Hall–Kier alpha value is -3.19. The molecule has 2 aromatic rings. The summed E-state index contributed by atoms with van der Waals surface area (Å²) in [6, 6.07) is 16.3. The van der Waals surface area contributed by atoms with Gasteiger partial charge >= 0.3 is 5.97 Å². The van der Waals surface area contributed by atoms with Crippen LogP contribution in [0.25, 0.3) is 0 Å². The molecule has 29 heavy (non-hydrogen) atoms. The molecule has 150 valence electrons. The van der Waals surface area contributed by atoms with Crippen molar-refractivity contribution in [3.8, 4) is 0 Å². The Labute approximate surface area is 169 Å². The molecule has 0 unspecified atom stereocenters. The van der Waals surface area contributed by atoms with E-state index in [9.17, 15) is 14.4 Å². The van der Waals surface area contributed by atoms with Gasteiger partial charge in [0.15, 0.2) is 6.04 Å². The number of carbonyl (C=O) groups excluding carboxylic acids is 3. The quantitative estimate of drug-likeness (QED) is 0.605. The highest BCUT2D eigenvalue weighted by Gasteiger charge is 2.46. The lowest BCUT2D eigenvalue weighted by Crippen LogP contribution is -3.19. The number of imide groups is 1. The predicted octanol–water partition coefficient (Wildman–Crippen LogP) is 0.510. The topological polar surface area (TPSA) is 71.4 Å². The van der Waals surface area contributed by atoms with Gasteiger partial charge in [-0.05, 0) is 36.4 Å². The Morgan fingerprint density at radius 3 is 2.24 bits per heavy atom. The average molecular weight is 394 g/mol. The van der Waals surface area contributed by atoms with E-state index >= 15 is 0 Å². The van der Waals surface area contributed by atoms with Gasteiger partial charge in [-0.1, -0.05) is 18.2 Å². The van der Waals surface area contributed by atoms with Crippen LogP contribution in [0.1, 0.15) is 16.8 Å². The summed E-state index contributed by atoms with van der Waals surface area (Å²) in [5.74, 6) is -0.804. The van der Waals surface area contributed by atoms with Crippen LogP contribution >= 0.6 is 0 Å². The lowest BCUT2D eigenvalue weighted by Gasteiger charge is -2.35. The maximum atomic E-state index is 13.0. The fourth-order valence-corrected chi connectivity index (χ4v) is 4.13. The summed E-state index contributed by atoms with van der Waals surface area (Å²) in [4.78, 5) is 41.9. The molecule has 0 radical (unpaired) electrons. The number of hydrogen-bond donors (Lipinski definition) is 1. The van der Waals surface area contributed by atoms with E-state index in [-0.39, 0.29) is 24.3 Å². The number of amides is 2. The number of methoxy groups -OCH3 is 1. The van der Waals surface area contributed by atoms with Crippen LogP contribution in [0, 0.1) is 0 Å². The fraction of sp³-hybridized carbons (Fsp3) is 0.318. The molecule has 2 aliphatic rings. The summed E-state index contributed by atoms with van der Waals surface area (Å²) in [5, 5.41) is 0. The minimum absolute atomic E-state index is 0.163. The molecule has 2 aromatic carbocycles. The molecule has 0 bridgehead atoms. The number of hydrogen-bond acceptors (Lipinski definition) is 5. The van der Waals surface area contributed by atoms with Gasteiger partial charge in [0, 0.05) is 5.69 Å². The normalized spacial score (nSPS) is 20.2. The van der Waals surface area contributed by atoms with Crippen molar-refractivity contribution in [2.75, 3.05) is 43.1 Å². The molecule has 7 heteroatoms. The predicted molar refractivity (Wildman–Crippen MR) is 108 cm³/mol. The molecule has 1 atom stereocenters. The number of esters is 1. The van der Waals surface area contributed by atoms with E-state index < -0.39 is 5.97 Å². The lowest BCUT2D eigenvalue weighted by molar-refractivity contribution is -0.915. The first-order valence-electron chi connectivity index (χ1n) is 9.78. The van der Waals surface area contributed by atoms with Gasteiger partial charge in [-0.2, -0.15) is 0 Å². The Balaban J connectivity index is 1.43. The number of rotatable bonds is 4. The molecular weight excluding hydrogens is 370 g/mol. The molecule has 2 fully saturated rings. The van der Waals surface area contributed by atoms with E-state index in [2.05, 4.69) is 21.8 Å². The smallest absolute Gasteiger partial charge is 0.337 e. The third-order valence-corrected chi connectivity index (χ3v) is 5.71. The highest BCUT2D eigenvalue weighted by atomic mass is 16.5. The number of quaternary nitrogens is 1. The summed E-state index contributed by atoms with van der Waals surface area (Å²) >= 11 is 0. The Bertz CT molecular complexity index is 905. The molecule has 2 aliphatic heterocycles. The lowest BCUT2D eigenvalue weighted by atomic mass is 10.1. The maximum absolute atomic E-state index is 13.0. The second-order valence-corrected chi connectivity index (χ2v) is 7.34. The van der Waals surface area contributed by atoms with Gasteiger partial charge in [-0.25, -0.2) is 9.69 Å². The largest absolute Gasteiger partial charge is 0.465 e. The molecular formula is C22H24N3O4+. The molecule has 2 amide bonds. The molecule has 0 aliphatic carbocycles. The number of anilines is 2. The second-order valence-electron chi connectivity index (χ2n) is 7.34. The molecule has 2 saturated heterocycles. The Kier molecular flexibility index (Phi) is 5.31. The van der Waals surface area contributed by atoms with Crippen molar-refractivity contribution in [2.45, 2.75) is 12.5 Å². The van der Waals surface area contributed by atoms with Crippen molar-refractivity contribution in [3.05, 3.63) is 60.2 Å². The van der Waals surface area contributed by atoms with E-state index in [4.69, 9.17) is 0 Å². The summed E-state index contributed by atoms with van der Waals surface area (Å²) in [6.45, 7) is 3.33. The number of piperazine rings is 1. The Morgan fingerprint density at radius 1 is 0.966 bits per heavy atom. The monoisotopic (exact) mass is 394 g/mol. The van der Waals surface area contributed by atoms with Crippen molar-refractivity contribution in [1.29, 1.82) is 0 Å². The van der Waals surface area contributed by atoms with Gasteiger partial charge in [0.05, 0.1) is 51.0 Å². The van der Waals surface area contributed by atoms with Crippen molar-refractivity contribution >= 4 is 29.2 Å². The SMILES string of the molecule is COC(=O)c1ccc(N2C(=O)C[C@H]([NH+]3CCN(c4ccccc4)CC3)C2=O)cc1. The van der Waals surface area contributed by atoms with Crippen molar-refractivity contribution in [3.63, 3.8) is 0 Å². The van der Waals surface area contributed by atoms with E-state index in [0.717, 1.165) is 31.1 Å². The number of ether oxygens (including phenoxy) is 1. The highest BCUT2D eigenvalue weighted by molar-refractivity contribution is 6.22. The maximum Gasteiger partial charge on any atom is 0.337 e. The first kappa shape index (κ1) is 19.1. The second kappa shape index (κ2) is 8.05. The molecule has 0 spiro atoms. The van der Waals surface area contributed by atoms with E-state index in [1.807, 2.05) is 18.2 Å². The first-order chi connectivity index (χ1) is 14.1. The molecule has 2 heterocycles. The van der Waals surface area contributed by atoms with Crippen LogP contribution in [0.15, 0.2) is 54.6 Å². The van der Waals surface area contributed by atoms with Gasteiger partial charge in [-0.3, -0.25) is 9.59 Å². The third kappa shape index (κ3) is 3.73. The zero-order valence-electron chi connectivity index (χ0n) is 16.3. The molecule has 1 N–H and O–H groups in total. The van der Waals surface area contributed by atoms with Crippen molar-refractivity contribution in [2.24, 2.45) is 0 Å². The summed E-state index contributed by atoms with van der Waals surface area (Å²) in [7, 11) is 1.31. The van der Waals surface area contributed by atoms with Gasteiger partial charge in [0.25, 0.3) is 5.91 Å². The number of para-hydroxylation sites is 1. The number of benzene rings is 2. The molecule has 7 nitrogen and oxygen atoms in total. The van der Waals surface area contributed by atoms with Crippen LogP contribution in [-0.2, 0) is 14.3 Å². The third-order valence-electron chi connectivity index (χ3n) is 5.71. The van der Waals surface area contributed by atoms with Crippen LogP contribution in [0.5, 0.6) is 0 Å². The van der Waals surface area contributed by atoms with Crippen LogP contribution < -0.4 is 14.7 Å². The zero-order valence-corrected chi connectivity index (χ0v) is 16.3. The minimum atomic E-state index is -0.450. The van der Waals surface area contributed by atoms with Crippen LogP contribution in [0.4, 0.5) is 11.4 Å². The number of nitrogens with zero attached hydrogens (tertiary/aromatic N) is 2. The van der Waals surface area contributed by atoms with Crippen LogP contribution in [0.3, 0.4) is 0 Å². The van der Waals surface area contributed by atoms with Crippen molar-refractivity contribution in [1.82, 2.24) is 0 Å². The standard InChI is InChI=1S/C22H23N3O4/c1-29-22(28)16-7-9-18(10-8-16)25-20(26)15-19(21(25)27)24-13-11-23(12-14-24)17-5-3-2-4-6-17/h2-10,19H,11-15H2,1H3/p+1/t19-/m0/s1. The van der Waals surface area contributed by atoms with Crippen molar-refractivity contribution < 1.29 is 24.0 Å². The van der Waals surface area contributed by atoms with E-state index in [1.54, 1.807) is 24.3 Å².